The normalized spacial score (nSPS) is 15.0. The predicted octanol–water partition coefficient (Wildman–Crippen LogP) is 3.09. The number of amides is 2. The smallest absolute Gasteiger partial charge is 0.265 e. The number of morpholine rings is 1. The molecule has 1 saturated heterocycles. The summed E-state index contributed by atoms with van der Waals surface area (Å²) in [6, 6.07) is 12.8. The first-order valence-corrected chi connectivity index (χ1v) is 9.28. The van der Waals surface area contributed by atoms with Crippen molar-refractivity contribution in [1.29, 1.82) is 0 Å². The Labute approximate surface area is 163 Å². The summed E-state index contributed by atoms with van der Waals surface area (Å²) in [6.07, 6.45) is -0.539. The van der Waals surface area contributed by atoms with Crippen molar-refractivity contribution in [3.05, 3.63) is 59.9 Å². The fourth-order valence-corrected chi connectivity index (χ4v) is 2.94. The van der Waals surface area contributed by atoms with Crippen LogP contribution in [-0.2, 0) is 9.53 Å². The van der Waals surface area contributed by atoms with E-state index >= 15 is 0 Å². The highest BCUT2D eigenvalue weighted by Gasteiger charge is 2.24. The first-order valence-electron chi connectivity index (χ1n) is 9.28. The maximum atomic E-state index is 13.8. The van der Waals surface area contributed by atoms with Crippen molar-refractivity contribution in [2.24, 2.45) is 0 Å². The second-order valence-electron chi connectivity index (χ2n) is 6.38. The Bertz CT molecular complexity index is 837. The van der Waals surface area contributed by atoms with Crippen molar-refractivity contribution in [3.63, 3.8) is 0 Å². The molecule has 0 aliphatic carbocycles. The van der Waals surface area contributed by atoms with Gasteiger partial charge >= 0.3 is 0 Å². The van der Waals surface area contributed by atoms with Gasteiger partial charge in [0.05, 0.1) is 24.5 Å². The summed E-state index contributed by atoms with van der Waals surface area (Å²) >= 11 is 0. The van der Waals surface area contributed by atoms with Crippen molar-refractivity contribution >= 4 is 17.5 Å². The average Bonchev–Trinajstić information content (AvgIpc) is 2.73. The van der Waals surface area contributed by atoms with Crippen LogP contribution in [0.2, 0.25) is 0 Å². The molecular weight excluding hydrogens is 363 g/mol. The third kappa shape index (κ3) is 4.67. The van der Waals surface area contributed by atoms with E-state index in [0.29, 0.717) is 44.0 Å². The predicted molar refractivity (Wildman–Crippen MR) is 103 cm³/mol. The number of nitrogens with one attached hydrogen (secondary N) is 1. The summed E-state index contributed by atoms with van der Waals surface area (Å²) in [5, 5.41) is 2.76. The van der Waals surface area contributed by atoms with Gasteiger partial charge in [-0.05, 0) is 30.7 Å². The van der Waals surface area contributed by atoms with Crippen molar-refractivity contribution in [1.82, 2.24) is 4.90 Å². The molecule has 6 nitrogen and oxygen atoms in total. The molecule has 0 aromatic heterocycles. The zero-order valence-electron chi connectivity index (χ0n) is 15.7. The number of ether oxygens (including phenoxy) is 2. The first kappa shape index (κ1) is 19.8. The third-order valence-electron chi connectivity index (χ3n) is 4.48. The molecule has 0 spiro atoms. The minimum Gasteiger partial charge on any atom is -0.478 e. The molecule has 1 fully saturated rings. The summed E-state index contributed by atoms with van der Waals surface area (Å²) in [5.41, 5.74) is 0.804. The summed E-state index contributed by atoms with van der Waals surface area (Å²) < 4.78 is 24.7. The second-order valence-corrected chi connectivity index (χ2v) is 6.38. The van der Waals surface area contributed by atoms with Gasteiger partial charge in [-0.2, -0.15) is 0 Å². The van der Waals surface area contributed by atoms with Crippen molar-refractivity contribution in [2.45, 2.75) is 19.4 Å². The Morgan fingerprint density at radius 3 is 2.54 bits per heavy atom. The molecule has 0 unspecified atom stereocenters. The summed E-state index contributed by atoms with van der Waals surface area (Å²) in [4.78, 5) is 27.2. The third-order valence-corrected chi connectivity index (χ3v) is 4.48. The maximum absolute atomic E-state index is 13.8. The lowest BCUT2D eigenvalue weighted by Gasteiger charge is -2.27. The molecular formula is C21H23FN2O4. The average molecular weight is 386 g/mol. The molecule has 1 aliphatic rings. The van der Waals surface area contributed by atoms with Crippen LogP contribution in [0.15, 0.2) is 48.5 Å². The lowest BCUT2D eigenvalue weighted by Crippen LogP contribution is -2.41. The Morgan fingerprint density at radius 1 is 1.14 bits per heavy atom. The van der Waals surface area contributed by atoms with Gasteiger partial charge in [0.1, 0.15) is 0 Å². The van der Waals surface area contributed by atoms with Gasteiger partial charge < -0.3 is 19.7 Å². The molecule has 2 aromatic carbocycles. The summed E-state index contributed by atoms with van der Waals surface area (Å²) in [5.74, 6) is -1.12. The van der Waals surface area contributed by atoms with E-state index in [1.165, 1.54) is 12.1 Å². The van der Waals surface area contributed by atoms with Crippen molar-refractivity contribution < 1.29 is 23.5 Å². The number of carbonyl (C=O) groups is 2. The second kappa shape index (κ2) is 9.32. The molecule has 28 heavy (non-hydrogen) atoms. The molecule has 148 valence electrons. The van der Waals surface area contributed by atoms with E-state index in [0.717, 1.165) is 0 Å². The number of rotatable bonds is 6. The first-order chi connectivity index (χ1) is 13.6. The Hall–Kier alpha value is -2.93. The number of benzene rings is 2. The van der Waals surface area contributed by atoms with Crippen molar-refractivity contribution in [2.75, 3.05) is 31.6 Å². The minimum absolute atomic E-state index is 0.0159. The van der Waals surface area contributed by atoms with Crippen LogP contribution in [0.5, 0.6) is 5.75 Å². The minimum atomic E-state index is -0.886. The van der Waals surface area contributed by atoms with E-state index in [2.05, 4.69) is 5.32 Å². The van der Waals surface area contributed by atoms with Crippen LogP contribution in [0, 0.1) is 5.82 Å². The summed E-state index contributed by atoms with van der Waals surface area (Å²) in [7, 11) is 0. The van der Waals surface area contributed by atoms with E-state index in [1.807, 2.05) is 0 Å². The highest BCUT2D eigenvalue weighted by atomic mass is 19.1. The van der Waals surface area contributed by atoms with Crippen LogP contribution in [-0.4, -0.2) is 49.1 Å². The fraction of sp³-hybridized carbons (Fsp3) is 0.333. The van der Waals surface area contributed by atoms with Crippen LogP contribution >= 0.6 is 0 Å². The molecule has 1 aliphatic heterocycles. The SMILES string of the molecule is CC[C@@H](Oc1ccccc1F)C(=O)Nc1ccccc1C(=O)N1CCOCC1. The number of para-hydroxylation sites is 2. The standard InChI is InChI=1S/C21H23FN2O4/c1-2-18(28-19-10-6-4-8-16(19)22)20(25)23-17-9-5-3-7-15(17)21(26)24-11-13-27-14-12-24/h3-10,18H,2,11-14H2,1H3,(H,23,25)/t18-/m1/s1. The van der Waals surface area contributed by atoms with Gasteiger partial charge in [0.25, 0.3) is 11.8 Å². The van der Waals surface area contributed by atoms with Gasteiger partial charge in [-0.3, -0.25) is 9.59 Å². The van der Waals surface area contributed by atoms with Crippen LogP contribution in [0.25, 0.3) is 0 Å². The lowest BCUT2D eigenvalue weighted by atomic mass is 10.1. The molecule has 0 saturated carbocycles. The van der Waals surface area contributed by atoms with Gasteiger partial charge in [-0.1, -0.05) is 31.2 Å². The Kier molecular flexibility index (Phi) is 6.60. The van der Waals surface area contributed by atoms with Gasteiger partial charge in [0.15, 0.2) is 17.7 Å². The number of carbonyl (C=O) groups excluding carboxylic acids is 2. The molecule has 0 radical (unpaired) electrons. The van der Waals surface area contributed by atoms with E-state index in [-0.39, 0.29) is 11.7 Å². The topological polar surface area (TPSA) is 67.9 Å². The molecule has 1 heterocycles. The van der Waals surface area contributed by atoms with Gasteiger partial charge in [-0.15, -0.1) is 0 Å². The molecule has 1 atom stereocenters. The van der Waals surface area contributed by atoms with E-state index in [4.69, 9.17) is 9.47 Å². The highest BCUT2D eigenvalue weighted by molar-refractivity contribution is 6.04. The van der Waals surface area contributed by atoms with E-state index in [9.17, 15) is 14.0 Å². The van der Waals surface area contributed by atoms with Gasteiger partial charge in [0, 0.05) is 13.1 Å². The van der Waals surface area contributed by atoms with Crippen LogP contribution in [0.4, 0.5) is 10.1 Å². The van der Waals surface area contributed by atoms with Crippen LogP contribution < -0.4 is 10.1 Å². The molecule has 7 heteroatoms. The van der Waals surface area contributed by atoms with Crippen LogP contribution in [0.1, 0.15) is 23.7 Å². The lowest BCUT2D eigenvalue weighted by molar-refractivity contribution is -0.122. The highest BCUT2D eigenvalue weighted by Crippen LogP contribution is 2.21. The zero-order chi connectivity index (χ0) is 19.9. The number of halogens is 1. The number of hydrogen-bond acceptors (Lipinski definition) is 4. The molecule has 0 bridgehead atoms. The van der Waals surface area contributed by atoms with E-state index < -0.39 is 17.8 Å². The van der Waals surface area contributed by atoms with E-state index in [1.54, 1.807) is 48.2 Å². The van der Waals surface area contributed by atoms with Gasteiger partial charge in [-0.25, -0.2) is 4.39 Å². The molecule has 2 aromatic rings. The quantitative estimate of drug-likeness (QED) is 0.828. The monoisotopic (exact) mass is 386 g/mol. The Balaban J connectivity index is 1.74. The molecule has 2 amide bonds. The number of hydrogen-bond donors (Lipinski definition) is 1. The number of anilines is 1. The Morgan fingerprint density at radius 2 is 1.82 bits per heavy atom. The fourth-order valence-electron chi connectivity index (χ4n) is 2.94. The van der Waals surface area contributed by atoms with Crippen molar-refractivity contribution in [3.8, 4) is 5.75 Å². The summed E-state index contributed by atoms with van der Waals surface area (Å²) in [6.45, 7) is 3.78. The zero-order valence-corrected chi connectivity index (χ0v) is 15.7. The van der Waals surface area contributed by atoms with Crippen LogP contribution in [0.3, 0.4) is 0 Å². The number of nitrogens with zero attached hydrogens (tertiary/aromatic N) is 1. The molecule has 3 rings (SSSR count). The maximum Gasteiger partial charge on any atom is 0.265 e. The molecule has 1 N–H and O–H groups in total. The van der Waals surface area contributed by atoms with Gasteiger partial charge in [0.2, 0.25) is 0 Å². The largest absolute Gasteiger partial charge is 0.478 e.